The van der Waals surface area contributed by atoms with E-state index in [1.54, 1.807) is 0 Å². The van der Waals surface area contributed by atoms with Crippen LogP contribution in [0.25, 0.3) is 0 Å². The number of nitrogens with zero attached hydrogens (tertiary/aromatic N) is 3. The molecule has 1 atom stereocenters. The lowest BCUT2D eigenvalue weighted by molar-refractivity contribution is 0.575. The van der Waals surface area contributed by atoms with E-state index in [-0.39, 0.29) is 12.4 Å². The Morgan fingerprint density at radius 2 is 2.19 bits per heavy atom. The molecule has 4 nitrogen and oxygen atoms in total. The molecular weight excluding hydrogens is 304 g/mol. The number of hydrazone groups is 1. The highest BCUT2D eigenvalue weighted by atomic mass is 35.5. The van der Waals surface area contributed by atoms with Gasteiger partial charge in [-0.05, 0) is 48.8 Å². The van der Waals surface area contributed by atoms with E-state index in [0.717, 1.165) is 6.54 Å². The van der Waals surface area contributed by atoms with Crippen LogP contribution in [0.15, 0.2) is 17.2 Å². The summed E-state index contributed by atoms with van der Waals surface area (Å²) in [6.45, 7) is 0.973. The van der Waals surface area contributed by atoms with Crippen LogP contribution < -0.4 is 15.6 Å². The normalized spacial score (nSPS) is 20.0. The van der Waals surface area contributed by atoms with Gasteiger partial charge in [0.1, 0.15) is 0 Å². The quantitative estimate of drug-likeness (QED) is 0.670. The van der Waals surface area contributed by atoms with E-state index in [2.05, 4.69) is 41.2 Å². The standard InChI is InChI=1S/C15H22N4S.ClH/c1-18(2)12-7-8-13-14-10(5-4-6-11(12)14)9-19(13)17-15(16)20-3;/h7-8,10H,4-6,9H2,1-3H3,(H2,16,17);1H. The molecule has 0 saturated carbocycles. The smallest absolute Gasteiger partial charge is 0.178 e. The molecule has 21 heavy (non-hydrogen) atoms. The molecule has 2 N–H and O–H groups in total. The van der Waals surface area contributed by atoms with E-state index >= 15 is 0 Å². The lowest BCUT2D eigenvalue weighted by Gasteiger charge is -2.26. The zero-order valence-electron chi connectivity index (χ0n) is 12.8. The summed E-state index contributed by atoms with van der Waals surface area (Å²) in [4.78, 5) is 2.22. The monoisotopic (exact) mass is 326 g/mol. The first-order chi connectivity index (χ1) is 9.61. The third-order valence-corrected chi connectivity index (χ3v) is 4.78. The van der Waals surface area contributed by atoms with E-state index in [0.29, 0.717) is 11.1 Å². The number of anilines is 2. The second-order valence-corrected chi connectivity index (χ2v) is 6.53. The van der Waals surface area contributed by atoms with Crippen molar-refractivity contribution in [1.29, 1.82) is 0 Å². The van der Waals surface area contributed by atoms with Crippen molar-refractivity contribution in [2.45, 2.75) is 25.2 Å². The van der Waals surface area contributed by atoms with Crippen LogP contribution in [-0.4, -0.2) is 32.1 Å². The highest BCUT2D eigenvalue weighted by Gasteiger charge is 2.34. The summed E-state index contributed by atoms with van der Waals surface area (Å²) in [6.07, 6.45) is 5.69. The predicted molar refractivity (Wildman–Crippen MR) is 96.2 cm³/mol. The van der Waals surface area contributed by atoms with Gasteiger partial charge in [-0.3, -0.25) is 5.01 Å². The van der Waals surface area contributed by atoms with Crippen LogP contribution in [0, 0.1) is 0 Å². The minimum atomic E-state index is 0. The molecule has 1 unspecified atom stereocenters. The van der Waals surface area contributed by atoms with Crippen LogP contribution in [0.2, 0.25) is 0 Å². The molecule has 0 amide bonds. The molecule has 1 aliphatic heterocycles. The first-order valence-electron chi connectivity index (χ1n) is 7.10. The summed E-state index contributed by atoms with van der Waals surface area (Å²) in [7, 11) is 4.25. The number of nitrogens with two attached hydrogens (primary N) is 1. The molecule has 1 heterocycles. The van der Waals surface area contributed by atoms with Crippen LogP contribution in [-0.2, 0) is 6.42 Å². The largest absolute Gasteiger partial charge is 0.377 e. The van der Waals surface area contributed by atoms with Gasteiger partial charge in [0.2, 0.25) is 0 Å². The van der Waals surface area contributed by atoms with Crippen LogP contribution in [0.1, 0.15) is 29.9 Å². The van der Waals surface area contributed by atoms with E-state index < -0.39 is 0 Å². The van der Waals surface area contributed by atoms with Crippen molar-refractivity contribution in [3.05, 3.63) is 23.3 Å². The second-order valence-electron chi connectivity index (χ2n) is 5.70. The summed E-state index contributed by atoms with van der Waals surface area (Å²) in [5.41, 5.74) is 11.5. The van der Waals surface area contributed by atoms with Crippen molar-refractivity contribution in [2.75, 3.05) is 36.8 Å². The number of hydrogen-bond acceptors (Lipinski definition) is 4. The van der Waals surface area contributed by atoms with Gasteiger partial charge >= 0.3 is 0 Å². The van der Waals surface area contributed by atoms with Crippen LogP contribution in [0.5, 0.6) is 0 Å². The fourth-order valence-electron chi connectivity index (χ4n) is 3.42. The fraction of sp³-hybridized carbons (Fsp3) is 0.533. The molecule has 1 aliphatic carbocycles. The molecule has 0 saturated heterocycles. The average molecular weight is 327 g/mol. The molecule has 2 aliphatic rings. The Morgan fingerprint density at radius 1 is 1.43 bits per heavy atom. The molecule has 116 valence electrons. The van der Waals surface area contributed by atoms with E-state index in [1.165, 1.54) is 53.5 Å². The summed E-state index contributed by atoms with van der Waals surface area (Å²) >= 11 is 1.50. The summed E-state index contributed by atoms with van der Waals surface area (Å²) in [6, 6.07) is 4.43. The van der Waals surface area contributed by atoms with Crippen LogP contribution in [0.4, 0.5) is 11.4 Å². The van der Waals surface area contributed by atoms with Gasteiger partial charge < -0.3 is 10.6 Å². The van der Waals surface area contributed by atoms with Gasteiger partial charge in [0.25, 0.3) is 0 Å². The Labute approximate surface area is 137 Å². The van der Waals surface area contributed by atoms with Gasteiger partial charge in [0, 0.05) is 32.2 Å². The molecule has 1 aromatic rings. The maximum Gasteiger partial charge on any atom is 0.178 e. The summed E-state index contributed by atoms with van der Waals surface area (Å²) in [5, 5.41) is 7.29. The molecule has 0 spiro atoms. The summed E-state index contributed by atoms with van der Waals surface area (Å²) in [5.74, 6) is 0.618. The molecular formula is C15H23ClN4S. The number of amidine groups is 1. The van der Waals surface area contributed by atoms with Crippen molar-refractivity contribution in [3.8, 4) is 0 Å². The van der Waals surface area contributed by atoms with Crippen molar-refractivity contribution in [3.63, 3.8) is 0 Å². The topological polar surface area (TPSA) is 44.9 Å². The Kier molecular flexibility index (Phi) is 4.94. The van der Waals surface area contributed by atoms with Crippen LogP contribution in [0.3, 0.4) is 0 Å². The minimum Gasteiger partial charge on any atom is -0.377 e. The van der Waals surface area contributed by atoms with Crippen LogP contribution >= 0.6 is 24.2 Å². The third-order valence-electron chi connectivity index (χ3n) is 4.28. The van der Waals surface area contributed by atoms with Crippen molar-refractivity contribution in [2.24, 2.45) is 10.8 Å². The predicted octanol–water partition coefficient (Wildman–Crippen LogP) is 3.01. The maximum atomic E-state index is 5.89. The zero-order chi connectivity index (χ0) is 14.3. The van der Waals surface area contributed by atoms with Gasteiger partial charge in [-0.25, -0.2) is 0 Å². The third kappa shape index (κ3) is 2.81. The van der Waals surface area contributed by atoms with Crippen molar-refractivity contribution < 1.29 is 0 Å². The molecule has 0 bridgehead atoms. The number of halogens is 1. The number of rotatable bonds is 2. The Hall–Kier alpha value is -1.07. The van der Waals surface area contributed by atoms with E-state index in [1.807, 2.05) is 6.26 Å². The van der Waals surface area contributed by atoms with Crippen molar-refractivity contribution in [1.82, 2.24) is 0 Å². The molecule has 0 radical (unpaired) electrons. The van der Waals surface area contributed by atoms with Gasteiger partial charge in [-0.1, -0.05) is 11.8 Å². The molecule has 0 aromatic heterocycles. The lowest BCUT2D eigenvalue weighted by atomic mass is 9.83. The van der Waals surface area contributed by atoms with Gasteiger partial charge in [0.15, 0.2) is 5.17 Å². The fourth-order valence-corrected chi connectivity index (χ4v) is 3.60. The van der Waals surface area contributed by atoms with Gasteiger partial charge in [-0.2, -0.15) is 0 Å². The zero-order valence-corrected chi connectivity index (χ0v) is 14.4. The Morgan fingerprint density at radius 3 is 2.86 bits per heavy atom. The van der Waals surface area contributed by atoms with E-state index in [4.69, 9.17) is 5.73 Å². The number of hydrogen-bond donors (Lipinski definition) is 1. The van der Waals surface area contributed by atoms with Crippen molar-refractivity contribution >= 4 is 40.7 Å². The molecule has 3 rings (SSSR count). The van der Waals surface area contributed by atoms with Gasteiger partial charge in [0.05, 0.1) is 5.69 Å². The second kappa shape index (κ2) is 6.36. The number of thioether (sulfide) groups is 1. The first kappa shape index (κ1) is 16.3. The molecule has 1 aromatic carbocycles. The SMILES string of the molecule is CSC(N)=NN1CC2CCCc3c(N(C)C)ccc1c32.Cl. The lowest BCUT2D eigenvalue weighted by Crippen LogP contribution is -2.20. The molecule has 0 fully saturated rings. The maximum absolute atomic E-state index is 5.89. The first-order valence-corrected chi connectivity index (χ1v) is 8.33. The van der Waals surface area contributed by atoms with Gasteiger partial charge in [-0.15, -0.1) is 17.5 Å². The Balaban J connectivity index is 0.00000161. The highest BCUT2D eigenvalue weighted by Crippen LogP contribution is 2.47. The van der Waals surface area contributed by atoms with E-state index in [9.17, 15) is 0 Å². The number of benzene rings is 1. The molecule has 6 heteroatoms. The average Bonchev–Trinajstić information content (AvgIpc) is 2.79. The highest BCUT2D eigenvalue weighted by molar-refractivity contribution is 8.13. The minimum absolute atomic E-state index is 0. The summed E-state index contributed by atoms with van der Waals surface area (Å²) < 4.78 is 0. The Bertz CT molecular complexity index is 559.